The summed E-state index contributed by atoms with van der Waals surface area (Å²) in [5.74, 6) is 0. The Hall–Kier alpha value is -0.160. The summed E-state index contributed by atoms with van der Waals surface area (Å²) in [5.41, 5.74) is -0.465. The molecule has 0 saturated carbocycles. The van der Waals surface area contributed by atoms with E-state index in [0.29, 0.717) is 13.2 Å². The summed E-state index contributed by atoms with van der Waals surface area (Å²) in [7, 11) is 0. The van der Waals surface area contributed by atoms with Crippen molar-refractivity contribution in [1.82, 2.24) is 0 Å². The van der Waals surface area contributed by atoms with Gasteiger partial charge < -0.3 is 0 Å². The molecule has 104 valence electrons. The molecule has 0 aromatic rings. The molecule has 0 N–H and O–H groups in total. The molecule has 17 heavy (non-hydrogen) atoms. The fraction of sp³-hybridized carbons (Fsp3) is 1.00. The van der Waals surface area contributed by atoms with Crippen molar-refractivity contribution in [3.63, 3.8) is 0 Å². The molecule has 0 fully saturated rings. The van der Waals surface area contributed by atoms with Gasteiger partial charge in [0.1, 0.15) is 0 Å². The molecular formula is C13H28O4. The minimum Gasteiger partial charge on any atom is -0.236 e. The van der Waals surface area contributed by atoms with Gasteiger partial charge in [0.2, 0.25) is 0 Å². The lowest BCUT2D eigenvalue weighted by atomic mass is 10.2. The van der Waals surface area contributed by atoms with E-state index >= 15 is 0 Å². The molecule has 0 aliphatic carbocycles. The highest BCUT2D eigenvalue weighted by Crippen LogP contribution is 2.09. The molecule has 0 aliphatic heterocycles. The third kappa shape index (κ3) is 15.8. The maximum atomic E-state index is 5.15. The largest absolute Gasteiger partial charge is 0.236 e. The molecule has 4 nitrogen and oxygen atoms in total. The molecule has 0 rings (SSSR count). The van der Waals surface area contributed by atoms with E-state index in [1.54, 1.807) is 0 Å². The Morgan fingerprint density at radius 1 is 0.588 bits per heavy atom. The van der Waals surface area contributed by atoms with Crippen LogP contribution in [0.3, 0.4) is 0 Å². The van der Waals surface area contributed by atoms with E-state index in [4.69, 9.17) is 19.6 Å². The van der Waals surface area contributed by atoms with Gasteiger partial charge >= 0.3 is 0 Å². The van der Waals surface area contributed by atoms with Crippen LogP contribution in [0.4, 0.5) is 0 Å². The lowest BCUT2D eigenvalue weighted by molar-refractivity contribution is -0.351. The van der Waals surface area contributed by atoms with Crippen LogP contribution < -0.4 is 0 Å². The molecule has 0 unspecified atom stereocenters. The topological polar surface area (TPSA) is 36.9 Å². The normalized spacial score (nSPS) is 13.1. The van der Waals surface area contributed by atoms with Crippen molar-refractivity contribution >= 4 is 0 Å². The Balaban J connectivity index is 3.15. The smallest absolute Gasteiger partial charge is 0.0952 e. The molecule has 0 amide bonds. The lowest BCUT2D eigenvalue weighted by Gasteiger charge is -2.18. The van der Waals surface area contributed by atoms with Gasteiger partial charge in [-0.25, -0.2) is 19.6 Å². The summed E-state index contributed by atoms with van der Waals surface area (Å²) < 4.78 is 0. The highest BCUT2D eigenvalue weighted by atomic mass is 17.2. The van der Waals surface area contributed by atoms with Crippen LogP contribution in [-0.2, 0) is 19.6 Å². The number of unbranched alkanes of at least 4 members (excludes halogenated alkanes) is 2. The minimum absolute atomic E-state index is 0.232. The van der Waals surface area contributed by atoms with Gasteiger partial charge in [-0.05, 0) is 60.8 Å². The van der Waals surface area contributed by atoms with Gasteiger partial charge in [0.15, 0.2) is 0 Å². The van der Waals surface area contributed by atoms with Gasteiger partial charge in [-0.15, -0.1) is 0 Å². The standard InChI is InChI=1S/C13H28O4/c1-12(2,3)16-14-10-8-7-9-11-15-17-13(4,5)6/h7-11H2,1-6H3. The van der Waals surface area contributed by atoms with Crippen LogP contribution in [-0.4, -0.2) is 24.4 Å². The quantitative estimate of drug-likeness (QED) is 0.373. The molecule has 0 bridgehead atoms. The molecule has 0 atom stereocenters. The molecule has 0 spiro atoms. The van der Waals surface area contributed by atoms with Crippen LogP contribution in [0.1, 0.15) is 60.8 Å². The molecule has 4 heteroatoms. The Bertz CT molecular complexity index is 159. The average molecular weight is 248 g/mol. The predicted octanol–water partition coefficient (Wildman–Crippen LogP) is 3.65. The molecule has 0 aliphatic rings. The zero-order valence-electron chi connectivity index (χ0n) is 12.2. The van der Waals surface area contributed by atoms with E-state index in [2.05, 4.69) is 0 Å². The number of rotatable bonds is 8. The molecule has 0 heterocycles. The maximum Gasteiger partial charge on any atom is 0.0952 e. The highest BCUT2D eigenvalue weighted by Gasteiger charge is 2.11. The van der Waals surface area contributed by atoms with Crippen LogP contribution >= 0.6 is 0 Å². The third-order valence-electron chi connectivity index (χ3n) is 1.57. The van der Waals surface area contributed by atoms with E-state index in [-0.39, 0.29) is 11.2 Å². The SMILES string of the molecule is CC(C)(C)OOCCCCCOOC(C)(C)C. The first-order valence-corrected chi connectivity index (χ1v) is 6.32. The van der Waals surface area contributed by atoms with Crippen LogP contribution in [0.5, 0.6) is 0 Å². The Morgan fingerprint density at radius 3 is 1.24 bits per heavy atom. The summed E-state index contributed by atoms with van der Waals surface area (Å²) in [5, 5.41) is 0. The van der Waals surface area contributed by atoms with E-state index in [9.17, 15) is 0 Å². The number of hydrogen-bond donors (Lipinski definition) is 0. The van der Waals surface area contributed by atoms with Gasteiger partial charge in [-0.3, -0.25) is 0 Å². The monoisotopic (exact) mass is 248 g/mol. The summed E-state index contributed by atoms with van der Waals surface area (Å²) in [4.78, 5) is 20.5. The van der Waals surface area contributed by atoms with Gasteiger partial charge in [-0.2, -0.15) is 0 Å². The molecular weight excluding hydrogens is 220 g/mol. The second-order valence-electron chi connectivity index (χ2n) is 6.10. The second-order valence-corrected chi connectivity index (χ2v) is 6.10. The summed E-state index contributed by atoms with van der Waals surface area (Å²) in [6, 6.07) is 0. The zero-order chi connectivity index (χ0) is 13.4. The summed E-state index contributed by atoms with van der Waals surface area (Å²) in [6.07, 6.45) is 2.98. The van der Waals surface area contributed by atoms with E-state index in [0.717, 1.165) is 19.3 Å². The van der Waals surface area contributed by atoms with Crippen molar-refractivity contribution in [2.75, 3.05) is 13.2 Å². The maximum absolute atomic E-state index is 5.15. The molecule has 0 saturated heterocycles. The molecule has 0 radical (unpaired) electrons. The lowest BCUT2D eigenvalue weighted by Crippen LogP contribution is -2.20. The first-order chi connectivity index (χ1) is 7.71. The number of hydrogen-bond acceptors (Lipinski definition) is 4. The van der Waals surface area contributed by atoms with Gasteiger partial charge in [0.25, 0.3) is 0 Å². The Kier molecular flexibility index (Phi) is 7.96. The van der Waals surface area contributed by atoms with Crippen LogP contribution in [0.15, 0.2) is 0 Å². The fourth-order valence-electron chi connectivity index (χ4n) is 0.936. The van der Waals surface area contributed by atoms with Gasteiger partial charge in [0, 0.05) is 0 Å². The summed E-state index contributed by atoms with van der Waals surface area (Å²) in [6.45, 7) is 13.0. The first-order valence-electron chi connectivity index (χ1n) is 6.32. The first kappa shape index (κ1) is 16.8. The fourth-order valence-corrected chi connectivity index (χ4v) is 0.936. The van der Waals surface area contributed by atoms with Crippen molar-refractivity contribution in [2.24, 2.45) is 0 Å². The van der Waals surface area contributed by atoms with E-state index in [1.165, 1.54) is 0 Å². The molecule has 0 aromatic heterocycles. The van der Waals surface area contributed by atoms with Crippen molar-refractivity contribution in [1.29, 1.82) is 0 Å². The Labute approximate surface area is 105 Å². The van der Waals surface area contributed by atoms with Crippen LogP contribution in [0.2, 0.25) is 0 Å². The third-order valence-corrected chi connectivity index (χ3v) is 1.57. The van der Waals surface area contributed by atoms with Crippen LogP contribution in [0, 0.1) is 0 Å². The zero-order valence-corrected chi connectivity index (χ0v) is 12.2. The summed E-state index contributed by atoms with van der Waals surface area (Å²) >= 11 is 0. The average Bonchev–Trinajstić information content (AvgIpc) is 2.11. The van der Waals surface area contributed by atoms with E-state index < -0.39 is 0 Å². The Morgan fingerprint density at radius 2 is 0.941 bits per heavy atom. The van der Waals surface area contributed by atoms with Gasteiger partial charge in [-0.1, -0.05) is 0 Å². The highest BCUT2D eigenvalue weighted by molar-refractivity contribution is 4.55. The minimum atomic E-state index is -0.232. The van der Waals surface area contributed by atoms with Crippen LogP contribution in [0.25, 0.3) is 0 Å². The van der Waals surface area contributed by atoms with Crippen molar-refractivity contribution in [3.05, 3.63) is 0 Å². The van der Waals surface area contributed by atoms with Crippen molar-refractivity contribution in [3.8, 4) is 0 Å². The van der Waals surface area contributed by atoms with Gasteiger partial charge in [0.05, 0.1) is 24.4 Å². The van der Waals surface area contributed by atoms with Crippen molar-refractivity contribution < 1.29 is 19.6 Å². The second kappa shape index (κ2) is 8.03. The molecule has 0 aromatic carbocycles. The van der Waals surface area contributed by atoms with E-state index in [1.807, 2.05) is 41.5 Å². The predicted molar refractivity (Wildman–Crippen MR) is 67.4 cm³/mol. The van der Waals surface area contributed by atoms with Crippen molar-refractivity contribution in [2.45, 2.75) is 72.0 Å².